The summed E-state index contributed by atoms with van der Waals surface area (Å²) in [4.78, 5) is 11.7. The van der Waals surface area contributed by atoms with Gasteiger partial charge in [0.2, 0.25) is 0 Å². The summed E-state index contributed by atoms with van der Waals surface area (Å²) in [7, 11) is 0. The Kier molecular flexibility index (Phi) is 4.30. The zero-order valence-electron chi connectivity index (χ0n) is 9.58. The van der Waals surface area contributed by atoms with E-state index in [1.807, 2.05) is 6.92 Å². The first-order chi connectivity index (χ1) is 7.60. The summed E-state index contributed by atoms with van der Waals surface area (Å²) in [6.07, 6.45) is 1.70. The molecule has 1 atom stereocenters. The van der Waals surface area contributed by atoms with Gasteiger partial charge < -0.3 is 16.2 Å². The number of aliphatic hydroxyl groups is 1. The van der Waals surface area contributed by atoms with Crippen LogP contribution in [-0.2, 0) is 6.42 Å². The molecule has 16 heavy (non-hydrogen) atoms. The molecule has 0 spiro atoms. The molecule has 1 amide bonds. The molecule has 0 fully saturated rings. The van der Waals surface area contributed by atoms with Crippen LogP contribution in [0.4, 0.5) is 5.69 Å². The molecule has 0 saturated heterocycles. The minimum absolute atomic E-state index is 0.113. The summed E-state index contributed by atoms with van der Waals surface area (Å²) in [5, 5.41) is 18.0. The monoisotopic (exact) mass is 226 g/mol. The van der Waals surface area contributed by atoms with Gasteiger partial charge in [-0.25, -0.2) is 0 Å². The number of hydrogen-bond donors (Lipinski definition) is 4. The molecule has 1 aromatic heterocycles. The molecule has 6 nitrogen and oxygen atoms in total. The van der Waals surface area contributed by atoms with E-state index in [4.69, 9.17) is 10.8 Å². The van der Waals surface area contributed by atoms with Gasteiger partial charge >= 0.3 is 0 Å². The summed E-state index contributed by atoms with van der Waals surface area (Å²) in [6.45, 7) is 3.61. The van der Waals surface area contributed by atoms with Crippen LogP contribution in [0, 0.1) is 0 Å². The number of carbonyl (C=O) groups excluding carboxylic acids is 1. The predicted octanol–water partition coefficient (Wildman–Crippen LogP) is 0.0550. The molecule has 0 saturated carbocycles. The van der Waals surface area contributed by atoms with Crippen molar-refractivity contribution in [1.29, 1.82) is 0 Å². The Labute approximate surface area is 94.2 Å². The molecule has 6 heteroatoms. The molecule has 0 aliphatic heterocycles. The van der Waals surface area contributed by atoms with Crippen LogP contribution in [0.25, 0.3) is 0 Å². The van der Waals surface area contributed by atoms with Gasteiger partial charge in [-0.15, -0.1) is 0 Å². The van der Waals surface area contributed by atoms with Crippen molar-refractivity contribution < 1.29 is 9.90 Å². The van der Waals surface area contributed by atoms with E-state index in [-0.39, 0.29) is 24.2 Å². The van der Waals surface area contributed by atoms with Crippen LogP contribution in [0.5, 0.6) is 0 Å². The van der Waals surface area contributed by atoms with Crippen LogP contribution in [0.1, 0.15) is 36.5 Å². The summed E-state index contributed by atoms with van der Waals surface area (Å²) < 4.78 is 0. The van der Waals surface area contributed by atoms with Crippen LogP contribution in [0.3, 0.4) is 0 Å². The summed E-state index contributed by atoms with van der Waals surface area (Å²) >= 11 is 0. The Hall–Kier alpha value is -1.56. The number of nitrogens with zero attached hydrogens (tertiary/aromatic N) is 1. The molecular formula is C10H18N4O2. The average molecular weight is 226 g/mol. The third-order valence-corrected chi connectivity index (χ3v) is 2.25. The number of carbonyl (C=O) groups is 1. The lowest BCUT2D eigenvalue weighted by Crippen LogP contribution is -2.35. The number of nitrogens with one attached hydrogen (secondary N) is 2. The Bertz CT molecular complexity index is 362. The number of aromatic amines is 1. The first kappa shape index (κ1) is 12.5. The standard InChI is InChI=1S/C10H18N4O2/c1-3-4-7-8(11)9(14-13-7)10(16)12-6(2)5-15/h6,15H,3-5,11H2,1-2H3,(H,12,16)(H,13,14)/t6-/m1/s1. The molecule has 90 valence electrons. The van der Waals surface area contributed by atoms with Crippen molar-refractivity contribution in [3.05, 3.63) is 11.4 Å². The maximum Gasteiger partial charge on any atom is 0.274 e. The SMILES string of the molecule is CCCc1[nH]nc(C(=O)N[C@H](C)CO)c1N. The van der Waals surface area contributed by atoms with E-state index in [1.165, 1.54) is 0 Å². The zero-order chi connectivity index (χ0) is 12.1. The van der Waals surface area contributed by atoms with Gasteiger partial charge in [0.15, 0.2) is 5.69 Å². The molecule has 5 N–H and O–H groups in total. The Balaban J connectivity index is 2.76. The third-order valence-electron chi connectivity index (χ3n) is 2.25. The van der Waals surface area contributed by atoms with Crippen molar-refractivity contribution in [1.82, 2.24) is 15.5 Å². The fraction of sp³-hybridized carbons (Fsp3) is 0.600. The van der Waals surface area contributed by atoms with Crippen molar-refractivity contribution in [3.8, 4) is 0 Å². The first-order valence-corrected chi connectivity index (χ1v) is 5.34. The number of hydrogen-bond acceptors (Lipinski definition) is 4. The fourth-order valence-corrected chi connectivity index (χ4v) is 1.34. The lowest BCUT2D eigenvalue weighted by atomic mass is 10.2. The molecule has 0 aliphatic carbocycles. The third kappa shape index (κ3) is 2.73. The molecule has 1 heterocycles. The number of aryl methyl sites for hydroxylation is 1. The molecule has 0 unspecified atom stereocenters. The Morgan fingerprint density at radius 1 is 1.69 bits per heavy atom. The van der Waals surface area contributed by atoms with E-state index in [0.717, 1.165) is 18.5 Å². The molecule has 0 aromatic carbocycles. The highest BCUT2D eigenvalue weighted by Crippen LogP contribution is 2.15. The molecule has 0 aliphatic rings. The van der Waals surface area contributed by atoms with Crippen LogP contribution in [0.15, 0.2) is 0 Å². The Morgan fingerprint density at radius 2 is 2.38 bits per heavy atom. The van der Waals surface area contributed by atoms with E-state index < -0.39 is 0 Å². The second kappa shape index (κ2) is 5.50. The molecule has 1 rings (SSSR count). The van der Waals surface area contributed by atoms with Crippen LogP contribution >= 0.6 is 0 Å². The maximum atomic E-state index is 11.7. The van der Waals surface area contributed by atoms with E-state index in [9.17, 15) is 4.79 Å². The average Bonchev–Trinajstić information content (AvgIpc) is 2.61. The smallest absolute Gasteiger partial charge is 0.274 e. The highest BCUT2D eigenvalue weighted by molar-refractivity contribution is 5.97. The van der Waals surface area contributed by atoms with Crippen molar-refractivity contribution in [2.75, 3.05) is 12.3 Å². The Morgan fingerprint density at radius 3 is 2.94 bits per heavy atom. The number of aliphatic hydroxyl groups excluding tert-OH is 1. The predicted molar refractivity (Wildman–Crippen MR) is 61.0 cm³/mol. The van der Waals surface area contributed by atoms with Crippen molar-refractivity contribution >= 4 is 11.6 Å². The lowest BCUT2D eigenvalue weighted by Gasteiger charge is -2.09. The minimum atomic E-state index is -0.363. The zero-order valence-corrected chi connectivity index (χ0v) is 9.58. The molecular weight excluding hydrogens is 208 g/mol. The highest BCUT2D eigenvalue weighted by atomic mass is 16.3. The van der Waals surface area contributed by atoms with Gasteiger partial charge in [0.05, 0.1) is 18.0 Å². The molecule has 1 aromatic rings. The molecule has 0 bridgehead atoms. The van der Waals surface area contributed by atoms with Gasteiger partial charge in [-0.05, 0) is 13.3 Å². The van der Waals surface area contributed by atoms with E-state index in [1.54, 1.807) is 6.92 Å². The maximum absolute atomic E-state index is 11.7. The second-order valence-corrected chi connectivity index (χ2v) is 3.77. The van der Waals surface area contributed by atoms with Gasteiger partial charge in [0.1, 0.15) is 0 Å². The summed E-state index contributed by atoms with van der Waals surface area (Å²) in [6, 6.07) is -0.307. The van der Waals surface area contributed by atoms with Crippen molar-refractivity contribution in [2.45, 2.75) is 32.7 Å². The van der Waals surface area contributed by atoms with Gasteiger partial charge in [0, 0.05) is 6.04 Å². The van der Waals surface area contributed by atoms with Gasteiger partial charge in [-0.3, -0.25) is 9.89 Å². The first-order valence-electron chi connectivity index (χ1n) is 5.34. The topological polar surface area (TPSA) is 104 Å². The second-order valence-electron chi connectivity index (χ2n) is 3.77. The molecule has 0 radical (unpaired) electrons. The number of aromatic nitrogens is 2. The number of nitrogen functional groups attached to an aromatic ring is 1. The largest absolute Gasteiger partial charge is 0.395 e. The van der Waals surface area contributed by atoms with Crippen molar-refractivity contribution in [3.63, 3.8) is 0 Å². The number of anilines is 1. The normalized spacial score (nSPS) is 12.4. The number of nitrogens with two attached hydrogens (primary N) is 1. The van der Waals surface area contributed by atoms with Gasteiger partial charge in [-0.2, -0.15) is 5.10 Å². The number of H-pyrrole nitrogens is 1. The lowest BCUT2D eigenvalue weighted by molar-refractivity contribution is 0.0918. The minimum Gasteiger partial charge on any atom is -0.395 e. The summed E-state index contributed by atoms with van der Waals surface area (Å²) in [5.74, 6) is -0.363. The quantitative estimate of drug-likeness (QED) is 0.569. The number of rotatable bonds is 5. The van der Waals surface area contributed by atoms with Gasteiger partial charge in [-0.1, -0.05) is 13.3 Å². The van der Waals surface area contributed by atoms with Gasteiger partial charge in [0.25, 0.3) is 5.91 Å². The van der Waals surface area contributed by atoms with E-state index in [2.05, 4.69) is 15.5 Å². The van der Waals surface area contributed by atoms with Crippen LogP contribution < -0.4 is 11.1 Å². The van der Waals surface area contributed by atoms with E-state index >= 15 is 0 Å². The fourth-order valence-electron chi connectivity index (χ4n) is 1.34. The highest BCUT2D eigenvalue weighted by Gasteiger charge is 2.17. The van der Waals surface area contributed by atoms with Crippen LogP contribution in [-0.4, -0.2) is 33.9 Å². The van der Waals surface area contributed by atoms with E-state index in [0.29, 0.717) is 5.69 Å². The summed E-state index contributed by atoms with van der Waals surface area (Å²) in [5.41, 5.74) is 7.16. The van der Waals surface area contributed by atoms with Crippen molar-refractivity contribution in [2.24, 2.45) is 0 Å². The number of amides is 1. The van der Waals surface area contributed by atoms with Crippen LogP contribution in [0.2, 0.25) is 0 Å².